The number of hydrogen-bond donors (Lipinski definition) is 0. The number of piperidine rings is 2. The van der Waals surface area contributed by atoms with Gasteiger partial charge in [-0.1, -0.05) is 51.4 Å². The normalized spacial score (nSPS) is 44.9. The molecule has 4 nitrogen and oxygen atoms in total. The summed E-state index contributed by atoms with van der Waals surface area (Å²) in [5.41, 5.74) is 0. The van der Waals surface area contributed by atoms with Gasteiger partial charge in [0.15, 0.2) is 0 Å². The Hall–Kier alpha value is 0.0569. The van der Waals surface area contributed by atoms with Crippen LogP contribution in [-0.2, 0) is 8.85 Å². The van der Waals surface area contributed by atoms with E-state index in [1.165, 1.54) is 116 Å². The highest BCUT2D eigenvalue weighted by Gasteiger charge is 2.62. The van der Waals surface area contributed by atoms with Crippen LogP contribution in [0.5, 0.6) is 0 Å². The lowest BCUT2D eigenvalue weighted by Crippen LogP contribution is -2.79. The van der Waals surface area contributed by atoms with Crippen molar-refractivity contribution in [1.29, 1.82) is 0 Å². The Labute approximate surface area is 204 Å². The zero-order chi connectivity index (χ0) is 22.4. The Kier molecular flexibility index (Phi) is 6.99. The number of rotatable bonds is 4. The Morgan fingerprint density at radius 2 is 0.848 bits per heavy atom. The number of fused-ring (bicyclic) bond motifs is 6. The molecular formula is C28H50N2O2Si. The molecule has 6 fully saturated rings. The molecule has 0 aromatic heterocycles. The zero-order valence-corrected chi connectivity index (χ0v) is 22.6. The summed E-state index contributed by atoms with van der Waals surface area (Å²) in [7, 11) is 1.39. The van der Waals surface area contributed by atoms with Gasteiger partial charge in [0.1, 0.15) is 0 Å². The summed E-state index contributed by atoms with van der Waals surface area (Å²) in [5.74, 6) is 5.50. The van der Waals surface area contributed by atoms with Crippen molar-refractivity contribution in [2.45, 2.75) is 115 Å². The molecule has 6 rings (SSSR count). The third kappa shape index (κ3) is 3.91. The maximum atomic E-state index is 6.79. The first-order valence-corrected chi connectivity index (χ1v) is 16.6. The lowest BCUT2D eigenvalue weighted by Gasteiger charge is -2.62. The van der Waals surface area contributed by atoms with Crippen LogP contribution in [0.2, 0.25) is 0 Å². The highest BCUT2D eigenvalue weighted by Crippen LogP contribution is 2.52. The van der Waals surface area contributed by atoms with E-state index in [2.05, 4.69) is 9.13 Å². The summed E-state index contributed by atoms with van der Waals surface area (Å²) in [6.45, 7) is 2.50. The average molecular weight is 475 g/mol. The van der Waals surface area contributed by atoms with Crippen LogP contribution in [0.15, 0.2) is 0 Å². The van der Waals surface area contributed by atoms with Crippen LogP contribution in [0.25, 0.3) is 0 Å². The summed E-state index contributed by atoms with van der Waals surface area (Å²) < 4.78 is 19.5. The van der Waals surface area contributed by atoms with E-state index >= 15 is 0 Å². The van der Waals surface area contributed by atoms with Crippen molar-refractivity contribution < 1.29 is 8.85 Å². The van der Waals surface area contributed by atoms with Crippen LogP contribution < -0.4 is 0 Å². The molecule has 2 aliphatic heterocycles. The molecule has 8 atom stereocenters. The van der Waals surface area contributed by atoms with Crippen molar-refractivity contribution in [2.75, 3.05) is 27.3 Å². The van der Waals surface area contributed by atoms with Gasteiger partial charge in [0.2, 0.25) is 0 Å². The molecular weight excluding hydrogens is 424 g/mol. The molecule has 0 N–H and O–H groups in total. The van der Waals surface area contributed by atoms with E-state index in [0.29, 0.717) is 12.1 Å². The van der Waals surface area contributed by atoms with E-state index < -0.39 is 8.88 Å². The predicted molar refractivity (Wildman–Crippen MR) is 136 cm³/mol. The first-order chi connectivity index (χ1) is 16.3. The maximum absolute atomic E-state index is 6.79. The maximum Gasteiger partial charge on any atom is 0.522 e. The second-order valence-corrected chi connectivity index (χ2v) is 15.8. The standard InChI is InChI=1S/C28H50N2O2Si/c1-31-33(32-2,29-19-21-11-3-5-13-23(21)25-15-7-9-17-27(25)29)30-20-22-12-4-6-14-24(22)26-16-8-10-18-28(26)30/h21-28H,3-20H2,1-2H3. The fraction of sp³-hybridized carbons (Fsp3) is 1.00. The Morgan fingerprint density at radius 1 is 0.485 bits per heavy atom. The summed E-state index contributed by atoms with van der Waals surface area (Å²) >= 11 is 0. The van der Waals surface area contributed by atoms with Crippen LogP contribution in [0, 0.1) is 35.5 Å². The van der Waals surface area contributed by atoms with Gasteiger partial charge in [-0.3, -0.25) is 9.13 Å². The van der Waals surface area contributed by atoms with E-state index in [0.717, 1.165) is 35.5 Å². The van der Waals surface area contributed by atoms with Gasteiger partial charge >= 0.3 is 8.88 Å². The fourth-order valence-corrected chi connectivity index (χ4v) is 14.1. The molecule has 4 saturated carbocycles. The molecule has 4 aliphatic carbocycles. The topological polar surface area (TPSA) is 24.9 Å². The zero-order valence-electron chi connectivity index (χ0n) is 21.6. The largest absolute Gasteiger partial charge is 0.522 e. The summed E-state index contributed by atoms with van der Waals surface area (Å²) in [6.07, 6.45) is 23.1. The predicted octanol–water partition coefficient (Wildman–Crippen LogP) is 6.08. The third-order valence-electron chi connectivity index (χ3n) is 11.5. The molecule has 0 amide bonds. The first kappa shape index (κ1) is 23.5. The Balaban J connectivity index is 1.36. The minimum Gasteiger partial charge on any atom is -0.374 e. The van der Waals surface area contributed by atoms with Crippen molar-refractivity contribution >= 4 is 8.88 Å². The molecule has 0 spiro atoms. The van der Waals surface area contributed by atoms with E-state index in [9.17, 15) is 0 Å². The van der Waals surface area contributed by atoms with Crippen molar-refractivity contribution in [3.05, 3.63) is 0 Å². The number of nitrogens with zero attached hydrogens (tertiary/aromatic N) is 2. The van der Waals surface area contributed by atoms with E-state index in [1.807, 2.05) is 14.2 Å². The SMILES string of the molecule is CO[Si](OC)(N1CC2CCCCC2C2CCCCC21)N1CC2CCCCC2C2CCCCC21. The van der Waals surface area contributed by atoms with Gasteiger partial charge < -0.3 is 8.85 Å². The van der Waals surface area contributed by atoms with Crippen molar-refractivity contribution in [1.82, 2.24) is 9.13 Å². The van der Waals surface area contributed by atoms with Crippen molar-refractivity contribution in [3.8, 4) is 0 Å². The lowest BCUT2D eigenvalue weighted by molar-refractivity contribution is -0.0741. The van der Waals surface area contributed by atoms with Crippen molar-refractivity contribution in [3.63, 3.8) is 0 Å². The summed E-state index contributed by atoms with van der Waals surface area (Å²) in [5, 5.41) is 0. The summed E-state index contributed by atoms with van der Waals surface area (Å²) in [4.78, 5) is 0. The van der Waals surface area contributed by atoms with Gasteiger partial charge in [0, 0.05) is 39.4 Å². The van der Waals surface area contributed by atoms with Crippen LogP contribution in [0.3, 0.4) is 0 Å². The minimum absolute atomic E-state index is 0.704. The van der Waals surface area contributed by atoms with Gasteiger partial charge in [-0.05, 0) is 86.9 Å². The van der Waals surface area contributed by atoms with Gasteiger partial charge in [0.25, 0.3) is 0 Å². The summed E-state index contributed by atoms with van der Waals surface area (Å²) in [6, 6.07) is 1.41. The fourth-order valence-electron chi connectivity index (χ4n) is 10.2. The Bertz CT molecular complexity index is 620. The van der Waals surface area contributed by atoms with E-state index in [1.54, 1.807) is 0 Å². The van der Waals surface area contributed by atoms with Crippen LogP contribution in [0.1, 0.15) is 103 Å². The van der Waals surface area contributed by atoms with E-state index in [-0.39, 0.29) is 0 Å². The molecule has 6 aliphatic rings. The molecule has 5 heteroatoms. The molecule has 188 valence electrons. The second kappa shape index (κ2) is 9.84. The van der Waals surface area contributed by atoms with Crippen LogP contribution >= 0.6 is 0 Å². The molecule has 8 unspecified atom stereocenters. The molecule has 2 heterocycles. The Morgan fingerprint density at radius 3 is 1.27 bits per heavy atom. The highest BCUT2D eigenvalue weighted by atomic mass is 28.4. The minimum atomic E-state index is -2.64. The molecule has 0 bridgehead atoms. The quantitative estimate of drug-likeness (QED) is 0.461. The molecule has 0 radical (unpaired) electrons. The third-order valence-corrected chi connectivity index (χ3v) is 15.1. The van der Waals surface area contributed by atoms with Crippen molar-refractivity contribution in [2.24, 2.45) is 35.5 Å². The van der Waals surface area contributed by atoms with Crippen LogP contribution in [0.4, 0.5) is 0 Å². The molecule has 33 heavy (non-hydrogen) atoms. The van der Waals surface area contributed by atoms with Gasteiger partial charge in [0.05, 0.1) is 0 Å². The van der Waals surface area contributed by atoms with Crippen LogP contribution in [-0.4, -0.2) is 57.4 Å². The molecule has 0 aromatic rings. The monoisotopic (exact) mass is 474 g/mol. The van der Waals surface area contributed by atoms with Gasteiger partial charge in [-0.2, -0.15) is 0 Å². The number of hydrogen-bond acceptors (Lipinski definition) is 4. The lowest BCUT2D eigenvalue weighted by atomic mass is 9.63. The van der Waals surface area contributed by atoms with Gasteiger partial charge in [-0.15, -0.1) is 0 Å². The second-order valence-electron chi connectivity index (χ2n) is 12.7. The molecule has 0 aromatic carbocycles. The first-order valence-electron chi connectivity index (χ1n) is 14.9. The smallest absolute Gasteiger partial charge is 0.374 e. The molecule has 2 saturated heterocycles. The highest BCUT2D eigenvalue weighted by molar-refractivity contribution is 6.61. The van der Waals surface area contributed by atoms with E-state index in [4.69, 9.17) is 8.85 Å². The average Bonchev–Trinajstić information content (AvgIpc) is 2.89. The van der Waals surface area contributed by atoms with Gasteiger partial charge in [-0.25, -0.2) is 0 Å².